The Morgan fingerprint density at radius 1 is 1.41 bits per heavy atom. The molecule has 1 saturated carbocycles. The number of carbonyl (C=O) groups is 1. The van der Waals surface area contributed by atoms with Gasteiger partial charge in [-0.2, -0.15) is 0 Å². The lowest BCUT2D eigenvalue weighted by atomic mass is 9.77. The van der Waals surface area contributed by atoms with Crippen molar-refractivity contribution in [1.29, 1.82) is 0 Å². The second kappa shape index (κ2) is 4.34. The highest BCUT2D eigenvalue weighted by molar-refractivity contribution is 9.10. The standard InChI is InChI=1S/C11H11BrF2N2O/c12-7-4-6(13)5-8(14)9(7)16-10(17)11(15)2-1-3-11/h4-5H,1-3,15H2,(H,16,17). The van der Waals surface area contributed by atoms with Crippen molar-refractivity contribution in [1.82, 2.24) is 0 Å². The lowest BCUT2D eigenvalue weighted by Crippen LogP contribution is -2.56. The maximum Gasteiger partial charge on any atom is 0.244 e. The van der Waals surface area contributed by atoms with Crippen molar-refractivity contribution in [2.24, 2.45) is 5.73 Å². The van der Waals surface area contributed by atoms with Gasteiger partial charge in [-0.25, -0.2) is 8.78 Å². The van der Waals surface area contributed by atoms with Gasteiger partial charge in [0, 0.05) is 10.5 Å². The molecule has 3 N–H and O–H groups in total. The fourth-order valence-corrected chi connectivity index (χ4v) is 2.19. The summed E-state index contributed by atoms with van der Waals surface area (Å²) >= 11 is 3.00. The van der Waals surface area contributed by atoms with Gasteiger partial charge in [0.05, 0.1) is 11.2 Å². The van der Waals surface area contributed by atoms with E-state index in [9.17, 15) is 13.6 Å². The smallest absolute Gasteiger partial charge is 0.244 e. The zero-order valence-corrected chi connectivity index (χ0v) is 10.5. The van der Waals surface area contributed by atoms with Gasteiger partial charge in [-0.05, 0) is 41.3 Å². The van der Waals surface area contributed by atoms with E-state index in [2.05, 4.69) is 21.2 Å². The molecule has 0 atom stereocenters. The van der Waals surface area contributed by atoms with Crippen LogP contribution in [0.1, 0.15) is 19.3 Å². The molecule has 0 heterocycles. The van der Waals surface area contributed by atoms with E-state index in [1.54, 1.807) is 0 Å². The van der Waals surface area contributed by atoms with E-state index in [0.29, 0.717) is 18.9 Å². The van der Waals surface area contributed by atoms with E-state index in [1.165, 1.54) is 0 Å². The minimum atomic E-state index is -0.916. The number of rotatable bonds is 2. The zero-order valence-electron chi connectivity index (χ0n) is 8.90. The monoisotopic (exact) mass is 304 g/mol. The number of nitrogens with one attached hydrogen (secondary N) is 1. The van der Waals surface area contributed by atoms with Crippen LogP contribution in [-0.4, -0.2) is 11.4 Å². The minimum Gasteiger partial charge on any atom is -0.321 e. The molecule has 0 unspecified atom stereocenters. The van der Waals surface area contributed by atoms with E-state index >= 15 is 0 Å². The molecule has 92 valence electrons. The summed E-state index contributed by atoms with van der Waals surface area (Å²) < 4.78 is 26.5. The number of carbonyl (C=O) groups excluding carboxylic acids is 1. The minimum absolute atomic E-state index is 0.0758. The van der Waals surface area contributed by atoms with Crippen molar-refractivity contribution in [3.63, 3.8) is 0 Å². The lowest BCUT2D eigenvalue weighted by molar-refractivity contribution is -0.123. The van der Waals surface area contributed by atoms with Crippen LogP contribution < -0.4 is 11.1 Å². The number of halogens is 3. The molecule has 0 saturated heterocycles. The van der Waals surface area contributed by atoms with E-state index in [-0.39, 0.29) is 10.2 Å². The molecule has 1 amide bonds. The summed E-state index contributed by atoms with van der Waals surface area (Å²) in [7, 11) is 0. The average molecular weight is 305 g/mol. The van der Waals surface area contributed by atoms with E-state index < -0.39 is 23.1 Å². The first-order chi connectivity index (χ1) is 7.92. The third kappa shape index (κ3) is 2.32. The van der Waals surface area contributed by atoms with Crippen LogP contribution in [0.5, 0.6) is 0 Å². The van der Waals surface area contributed by atoms with Gasteiger partial charge in [0.15, 0.2) is 5.82 Å². The van der Waals surface area contributed by atoms with Gasteiger partial charge in [0.1, 0.15) is 5.82 Å². The highest BCUT2D eigenvalue weighted by atomic mass is 79.9. The number of nitrogens with two attached hydrogens (primary N) is 1. The molecule has 6 heteroatoms. The van der Waals surface area contributed by atoms with Gasteiger partial charge < -0.3 is 11.1 Å². The molecular weight excluding hydrogens is 294 g/mol. The molecule has 0 aromatic heterocycles. The highest BCUT2D eigenvalue weighted by Gasteiger charge is 2.40. The molecule has 1 aliphatic carbocycles. The van der Waals surface area contributed by atoms with Gasteiger partial charge in [0.25, 0.3) is 0 Å². The van der Waals surface area contributed by atoms with Crippen molar-refractivity contribution in [3.05, 3.63) is 28.2 Å². The Bertz CT molecular complexity index is 452. The molecule has 1 aliphatic rings. The summed E-state index contributed by atoms with van der Waals surface area (Å²) in [6, 6.07) is 1.80. The number of hydrogen-bond acceptors (Lipinski definition) is 2. The highest BCUT2D eigenvalue weighted by Crippen LogP contribution is 2.32. The molecule has 0 radical (unpaired) electrons. The largest absolute Gasteiger partial charge is 0.321 e. The first-order valence-electron chi connectivity index (χ1n) is 5.17. The molecule has 1 fully saturated rings. The summed E-state index contributed by atoms with van der Waals surface area (Å²) in [6.45, 7) is 0. The maximum atomic E-state index is 13.5. The zero-order chi connectivity index (χ0) is 12.6. The summed E-state index contributed by atoms with van der Waals surface area (Å²) in [6.07, 6.45) is 2.05. The van der Waals surface area contributed by atoms with Crippen LogP contribution in [0.3, 0.4) is 0 Å². The second-order valence-electron chi connectivity index (χ2n) is 4.21. The summed E-state index contributed by atoms with van der Waals surface area (Å²) in [5, 5.41) is 2.40. The number of anilines is 1. The molecule has 2 rings (SSSR count). The van der Waals surface area contributed by atoms with Crippen LogP contribution in [0.2, 0.25) is 0 Å². The first kappa shape index (κ1) is 12.4. The van der Waals surface area contributed by atoms with E-state index in [0.717, 1.165) is 12.5 Å². The van der Waals surface area contributed by atoms with Gasteiger partial charge in [0.2, 0.25) is 5.91 Å². The Hall–Kier alpha value is -1.01. The van der Waals surface area contributed by atoms with Crippen LogP contribution in [0.4, 0.5) is 14.5 Å². The fraction of sp³-hybridized carbons (Fsp3) is 0.364. The van der Waals surface area contributed by atoms with Crippen molar-refractivity contribution in [2.75, 3.05) is 5.32 Å². The molecule has 3 nitrogen and oxygen atoms in total. The van der Waals surface area contributed by atoms with Crippen molar-refractivity contribution >= 4 is 27.5 Å². The number of hydrogen-bond donors (Lipinski definition) is 2. The molecular formula is C11H11BrF2N2O. The van der Waals surface area contributed by atoms with E-state index in [4.69, 9.17) is 5.73 Å². The third-order valence-electron chi connectivity index (χ3n) is 2.94. The van der Waals surface area contributed by atoms with Gasteiger partial charge in [-0.15, -0.1) is 0 Å². The lowest BCUT2D eigenvalue weighted by Gasteiger charge is -2.36. The number of amides is 1. The van der Waals surface area contributed by atoms with Crippen LogP contribution in [0.15, 0.2) is 16.6 Å². The maximum absolute atomic E-state index is 13.5. The Balaban J connectivity index is 2.21. The Kier molecular flexibility index (Phi) is 3.18. The Morgan fingerprint density at radius 2 is 2.06 bits per heavy atom. The van der Waals surface area contributed by atoms with Gasteiger partial charge >= 0.3 is 0 Å². The average Bonchev–Trinajstić information content (AvgIpc) is 2.19. The summed E-state index contributed by atoms with van der Waals surface area (Å²) in [5.41, 5.74) is 4.81. The van der Waals surface area contributed by atoms with Crippen molar-refractivity contribution < 1.29 is 13.6 Å². The van der Waals surface area contributed by atoms with Crippen molar-refractivity contribution in [2.45, 2.75) is 24.8 Å². The van der Waals surface area contributed by atoms with Crippen LogP contribution in [0.25, 0.3) is 0 Å². The van der Waals surface area contributed by atoms with Crippen LogP contribution >= 0.6 is 15.9 Å². The topological polar surface area (TPSA) is 55.1 Å². The first-order valence-corrected chi connectivity index (χ1v) is 5.96. The third-order valence-corrected chi connectivity index (χ3v) is 3.57. The van der Waals surface area contributed by atoms with E-state index in [1.807, 2.05) is 0 Å². The Morgan fingerprint density at radius 3 is 2.53 bits per heavy atom. The Labute approximate surface area is 106 Å². The summed E-state index contributed by atoms with van der Waals surface area (Å²) in [5.74, 6) is -1.97. The molecule has 17 heavy (non-hydrogen) atoms. The molecule has 1 aromatic carbocycles. The fourth-order valence-electron chi connectivity index (χ4n) is 1.68. The molecule has 0 bridgehead atoms. The molecule has 0 spiro atoms. The quantitative estimate of drug-likeness (QED) is 0.882. The van der Waals surface area contributed by atoms with Crippen molar-refractivity contribution in [3.8, 4) is 0 Å². The summed E-state index contributed by atoms with van der Waals surface area (Å²) in [4.78, 5) is 11.8. The molecule has 1 aromatic rings. The number of benzene rings is 1. The second-order valence-corrected chi connectivity index (χ2v) is 5.06. The van der Waals surface area contributed by atoms with Gasteiger partial charge in [-0.3, -0.25) is 4.79 Å². The predicted octanol–water partition coefficient (Wildman–Crippen LogP) is 2.55. The SMILES string of the molecule is NC1(C(=O)Nc2c(F)cc(F)cc2Br)CCC1. The normalized spacial score (nSPS) is 17.4. The van der Waals surface area contributed by atoms with Crippen LogP contribution in [0, 0.1) is 11.6 Å². The predicted molar refractivity (Wildman–Crippen MR) is 63.5 cm³/mol. The van der Waals surface area contributed by atoms with Crippen LogP contribution in [-0.2, 0) is 4.79 Å². The van der Waals surface area contributed by atoms with Gasteiger partial charge in [-0.1, -0.05) is 0 Å². The molecule has 0 aliphatic heterocycles.